The Hall–Kier alpha value is -2.62. The second-order valence-corrected chi connectivity index (χ2v) is 7.50. The highest BCUT2D eigenvalue weighted by atomic mass is 16.3. The lowest BCUT2D eigenvalue weighted by molar-refractivity contribution is 0.299. The van der Waals surface area contributed by atoms with Gasteiger partial charge in [-0.05, 0) is 57.1 Å². The first-order valence-electron chi connectivity index (χ1n) is 9.41. The van der Waals surface area contributed by atoms with Gasteiger partial charge in [-0.3, -0.25) is 4.40 Å². The molecule has 1 saturated heterocycles. The van der Waals surface area contributed by atoms with Crippen molar-refractivity contribution in [3.8, 4) is 6.07 Å². The molecule has 2 aromatic heterocycles. The van der Waals surface area contributed by atoms with Crippen LogP contribution < -0.4 is 4.90 Å². The lowest BCUT2D eigenvalue weighted by Crippen LogP contribution is -2.32. The normalized spacial score (nSPS) is 17.3. The molecule has 1 aliphatic heterocycles. The Balaban J connectivity index is 2.06. The van der Waals surface area contributed by atoms with Crippen molar-refractivity contribution >= 4 is 22.5 Å². The lowest BCUT2D eigenvalue weighted by atomic mass is 10.0. The molecule has 27 heavy (non-hydrogen) atoms. The topological polar surface area (TPSA) is 67.8 Å². The van der Waals surface area contributed by atoms with Crippen molar-refractivity contribution in [1.82, 2.24) is 14.3 Å². The molecule has 0 saturated carbocycles. The smallest absolute Gasteiger partial charge is 0.157 e. The first-order chi connectivity index (χ1) is 13.1. The molecule has 1 fully saturated rings. The van der Waals surface area contributed by atoms with Crippen LogP contribution in [-0.4, -0.2) is 59.2 Å². The van der Waals surface area contributed by atoms with E-state index < -0.39 is 0 Å². The van der Waals surface area contributed by atoms with E-state index >= 15 is 0 Å². The van der Waals surface area contributed by atoms with E-state index in [4.69, 9.17) is 4.98 Å². The van der Waals surface area contributed by atoms with Crippen LogP contribution in [0.3, 0.4) is 0 Å². The zero-order valence-corrected chi connectivity index (χ0v) is 16.1. The highest BCUT2D eigenvalue weighted by Gasteiger charge is 2.30. The maximum atomic E-state index is 9.82. The van der Waals surface area contributed by atoms with Crippen molar-refractivity contribution in [2.75, 3.05) is 38.7 Å². The van der Waals surface area contributed by atoms with Crippen LogP contribution in [0.25, 0.3) is 16.7 Å². The van der Waals surface area contributed by atoms with E-state index in [1.165, 1.54) is 0 Å². The van der Waals surface area contributed by atoms with Crippen LogP contribution in [0.5, 0.6) is 0 Å². The fraction of sp³-hybridized carbons (Fsp3) is 0.429. The second-order valence-electron chi connectivity index (χ2n) is 7.50. The number of hydrogen-bond acceptors (Lipinski definition) is 5. The van der Waals surface area contributed by atoms with Crippen molar-refractivity contribution in [3.63, 3.8) is 0 Å². The molecule has 0 unspecified atom stereocenters. The predicted molar refractivity (Wildman–Crippen MR) is 107 cm³/mol. The van der Waals surface area contributed by atoms with Crippen LogP contribution in [0.1, 0.15) is 23.1 Å². The van der Waals surface area contributed by atoms with Gasteiger partial charge in [-0.1, -0.05) is 12.1 Å². The minimum Gasteiger partial charge on any atom is -0.396 e. The third-order valence-corrected chi connectivity index (χ3v) is 5.76. The van der Waals surface area contributed by atoms with Crippen LogP contribution >= 0.6 is 0 Å². The molecule has 0 bridgehead atoms. The minimum atomic E-state index is 0.0573. The number of aromatic nitrogens is 2. The van der Waals surface area contributed by atoms with E-state index in [0.29, 0.717) is 23.7 Å². The Morgan fingerprint density at radius 2 is 2.11 bits per heavy atom. The summed E-state index contributed by atoms with van der Waals surface area (Å²) in [6.07, 6.45) is 1.63. The zero-order valence-electron chi connectivity index (χ0n) is 16.1. The summed E-state index contributed by atoms with van der Waals surface area (Å²) in [6, 6.07) is 10.9. The van der Waals surface area contributed by atoms with Gasteiger partial charge in [0.15, 0.2) is 5.65 Å². The quantitative estimate of drug-likeness (QED) is 0.771. The van der Waals surface area contributed by atoms with Gasteiger partial charge < -0.3 is 14.9 Å². The molecule has 4 rings (SSSR count). The summed E-state index contributed by atoms with van der Waals surface area (Å²) in [5.41, 5.74) is 5.18. The van der Waals surface area contributed by atoms with Gasteiger partial charge in [-0.25, -0.2) is 4.98 Å². The van der Waals surface area contributed by atoms with E-state index in [1.54, 1.807) is 0 Å². The van der Waals surface area contributed by atoms with Crippen LogP contribution in [0.4, 0.5) is 5.82 Å². The first-order valence-corrected chi connectivity index (χ1v) is 9.41. The monoisotopic (exact) mass is 363 g/mol. The molecule has 1 aromatic carbocycles. The molecule has 0 spiro atoms. The molecule has 6 heteroatoms. The van der Waals surface area contributed by atoms with Gasteiger partial charge in [0.05, 0.1) is 16.6 Å². The summed E-state index contributed by atoms with van der Waals surface area (Å²) in [5, 5.41) is 19.5. The minimum absolute atomic E-state index is 0.0573. The number of nitriles is 1. The van der Waals surface area contributed by atoms with Gasteiger partial charge in [0.25, 0.3) is 0 Å². The van der Waals surface area contributed by atoms with Gasteiger partial charge in [0.2, 0.25) is 0 Å². The number of aliphatic hydroxyl groups excluding tert-OH is 1. The number of benzene rings is 1. The Labute approximate surface area is 159 Å². The highest BCUT2D eigenvalue weighted by Crippen LogP contribution is 2.35. The number of rotatable bonds is 4. The highest BCUT2D eigenvalue weighted by molar-refractivity contribution is 5.86. The van der Waals surface area contributed by atoms with Crippen LogP contribution in [0, 0.1) is 18.3 Å². The molecular formula is C21H25N5O. The number of pyridine rings is 1. The maximum Gasteiger partial charge on any atom is 0.157 e. The van der Waals surface area contributed by atoms with Crippen molar-refractivity contribution in [3.05, 3.63) is 41.0 Å². The van der Waals surface area contributed by atoms with E-state index in [9.17, 15) is 10.4 Å². The van der Waals surface area contributed by atoms with Crippen molar-refractivity contribution < 1.29 is 5.11 Å². The van der Waals surface area contributed by atoms with Gasteiger partial charge in [0, 0.05) is 25.7 Å². The van der Waals surface area contributed by atoms with Crippen molar-refractivity contribution in [2.45, 2.75) is 25.8 Å². The van der Waals surface area contributed by atoms with Crippen LogP contribution in [0.2, 0.25) is 0 Å². The number of hydrogen-bond donors (Lipinski definition) is 1. The summed E-state index contributed by atoms with van der Waals surface area (Å²) < 4.78 is 2.13. The number of imidazole rings is 1. The standard InChI is InChI=1S/C21H25N5O/c1-14-16(9-11-27)21(25-10-8-15(13-25)24(2)3)26-19-7-5-4-6-18(19)23-20(26)17(14)12-22/h4-7,15,27H,8-11,13H2,1-3H3/t15-/m0/s1. The van der Waals surface area contributed by atoms with E-state index in [2.05, 4.69) is 40.4 Å². The SMILES string of the molecule is Cc1c(CCO)c(N2CC[C@H](N(C)C)C2)n2c(nc3ccccc32)c1C#N. The Morgan fingerprint density at radius 1 is 1.33 bits per heavy atom. The van der Waals surface area contributed by atoms with E-state index in [1.807, 2.05) is 25.1 Å². The molecule has 0 radical (unpaired) electrons. The number of para-hydroxylation sites is 2. The van der Waals surface area contributed by atoms with Crippen molar-refractivity contribution in [1.29, 1.82) is 5.26 Å². The summed E-state index contributed by atoms with van der Waals surface area (Å²) in [7, 11) is 4.24. The molecule has 1 N–H and O–H groups in total. The summed E-state index contributed by atoms with van der Waals surface area (Å²) in [5.74, 6) is 1.08. The summed E-state index contributed by atoms with van der Waals surface area (Å²) in [4.78, 5) is 9.44. The average molecular weight is 363 g/mol. The molecule has 3 heterocycles. The number of likely N-dealkylation sites (N-methyl/N-ethyl adjacent to an activating group) is 1. The zero-order chi connectivity index (χ0) is 19.1. The van der Waals surface area contributed by atoms with Crippen molar-refractivity contribution in [2.24, 2.45) is 0 Å². The molecule has 0 aliphatic carbocycles. The predicted octanol–water partition coefficient (Wildman–Crippen LogP) is 2.34. The fourth-order valence-corrected chi connectivity index (χ4v) is 4.26. The number of aliphatic hydroxyl groups is 1. The van der Waals surface area contributed by atoms with E-state index in [0.717, 1.165) is 47.5 Å². The van der Waals surface area contributed by atoms with Gasteiger partial charge >= 0.3 is 0 Å². The van der Waals surface area contributed by atoms with Gasteiger partial charge in [-0.15, -0.1) is 0 Å². The van der Waals surface area contributed by atoms with Crippen LogP contribution in [-0.2, 0) is 6.42 Å². The summed E-state index contributed by atoms with van der Waals surface area (Å²) >= 11 is 0. The molecule has 0 amide bonds. The second kappa shape index (κ2) is 6.84. The molecule has 3 aromatic rings. The molecule has 1 atom stereocenters. The average Bonchev–Trinajstić information content (AvgIpc) is 3.28. The molecule has 1 aliphatic rings. The lowest BCUT2D eigenvalue weighted by Gasteiger charge is -2.27. The molecule has 6 nitrogen and oxygen atoms in total. The number of fused-ring (bicyclic) bond motifs is 3. The molecule has 140 valence electrons. The van der Waals surface area contributed by atoms with Crippen LogP contribution in [0.15, 0.2) is 24.3 Å². The Kier molecular flexibility index (Phi) is 4.50. The van der Waals surface area contributed by atoms with Gasteiger partial charge in [0.1, 0.15) is 11.9 Å². The molecular weight excluding hydrogens is 338 g/mol. The number of nitrogens with zero attached hydrogens (tertiary/aromatic N) is 5. The first kappa shape index (κ1) is 17.8. The third kappa shape index (κ3) is 2.75. The maximum absolute atomic E-state index is 9.82. The fourth-order valence-electron chi connectivity index (χ4n) is 4.26. The Bertz CT molecular complexity index is 1050. The van der Waals surface area contributed by atoms with E-state index in [-0.39, 0.29) is 6.61 Å². The largest absolute Gasteiger partial charge is 0.396 e. The summed E-state index contributed by atoms with van der Waals surface area (Å²) in [6.45, 7) is 3.92. The van der Waals surface area contributed by atoms with Gasteiger partial charge in [-0.2, -0.15) is 5.26 Å². The Morgan fingerprint density at radius 3 is 2.78 bits per heavy atom. The third-order valence-electron chi connectivity index (χ3n) is 5.76. The number of anilines is 1.